The van der Waals surface area contributed by atoms with E-state index in [2.05, 4.69) is 21.2 Å². The van der Waals surface area contributed by atoms with E-state index in [4.69, 9.17) is 0 Å². The van der Waals surface area contributed by atoms with Gasteiger partial charge in [-0.1, -0.05) is 0 Å². The Labute approximate surface area is 88.1 Å². The highest BCUT2D eigenvalue weighted by molar-refractivity contribution is 9.10. The first-order valence-electron chi connectivity index (χ1n) is 4.18. The Morgan fingerprint density at radius 1 is 1.36 bits per heavy atom. The number of phenols is 1. The van der Waals surface area contributed by atoms with Crippen molar-refractivity contribution in [2.45, 2.75) is 5.92 Å². The van der Waals surface area contributed by atoms with Crippen molar-refractivity contribution < 1.29 is 13.9 Å². The van der Waals surface area contributed by atoms with Crippen molar-refractivity contribution in [3.63, 3.8) is 0 Å². The zero-order valence-electron chi connectivity index (χ0n) is 7.15. The first-order valence-corrected chi connectivity index (χ1v) is 4.97. The molecule has 1 heterocycles. The first-order chi connectivity index (χ1) is 6.61. The van der Waals surface area contributed by atoms with E-state index in [9.17, 15) is 13.9 Å². The summed E-state index contributed by atoms with van der Waals surface area (Å²) in [6, 6.07) is 0.789. The molecule has 0 amide bonds. The highest BCUT2D eigenvalue weighted by atomic mass is 79.9. The number of benzene rings is 1. The molecule has 0 atom stereocenters. The van der Waals surface area contributed by atoms with Crippen LogP contribution in [0.3, 0.4) is 0 Å². The topological polar surface area (TPSA) is 32.3 Å². The van der Waals surface area contributed by atoms with E-state index in [1.165, 1.54) is 0 Å². The van der Waals surface area contributed by atoms with Crippen LogP contribution < -0.4 is 5.32 Å². The average Bonchev–Trinajstić information content (AvgIpc) is 2.05. The Kier molecular flexibility index (Phi) is 2.45. The fourth-order valence-electron chi connectivity index (χ4n) is 1.48. The van der Waals surface area contributed by atoms with E-state index in [1.54, 1.807) is 0 Å². The maximum absolute atomic E-state index is 13.3. The molecule has 76 valence electrons. The number of hydrogen-bond acceptors (Lipinski definition) is 2. The molecule has 5 heteroatoms. The molecule has 1 aliphatic rings. The van der Waals surface area contributed by atoms with Crippen LogP contribution in [0.15, 0.2) is 10.5 Å². The van der Waals surface area contributed by atoms with Crippen LogP contribution in [-0.2, 0) is 0 Å². The van der Waals surface area contributed by atoms with Gasteiger partial charge in [-0.15, -0.1) is 0 Å². The van der Waals surface area contributed by atoms with Gasteiger partial charge in [-0.25, -0.2) is 8.78 Å². The van der Waals surface area contributed by atoms with Crippen LogP contribution in [0.25, 0.3) is 0 Å². The minimum Gasteiger partial charge on any atom is -0.506 e. The molecule has 2 nitrogen and oxygen atoms in total. The second-order valence-electron chi connectivity index (χ2n) is 3.27. The van der Waals surface area contributed by atoms with Crippen molar-refractivity contribution in [2.24, 2.45) is 0 Å². The van der Waals surface area contributed by atoms with E-state index in [0.29, 0.717) is 13.1 Å². The van der Waals surface area contributed by atoms with Crippen molar-refractivity contribution >= 4 is 15.9 Å². The predicted molar refractivity (Wildman–Crippen MR) is 51.3 cm³/mol. The van der Waals surface area contributed by atoms with Crippen LogP contribution in [0.4, 0.5) is 8.78 Å². The molecule has 0 bridgehead atoms. The van der Waals surface area contributed by atoms with Gasteiger partial charge in [-0.05, 0) is 15.9 Å². The summed E-state index contributed by atoms with van der Waals surface area (Å²) in [7, 11) is 0. The summed E-state index contributed by atoms with van der Waals surface area (Å²) >= 11 is 2.87. The minimum absolute atomic E-state index is 0.0631. The largest absolute Gasteiger partial charge is 0.506 e. The van der Waals surface area contributed by atoms with Crippen molar-refractivity contribution in [1.29, 1.82) is 0 Å². The molecule has 2 N–H and O–H groups in total. The highest BCUT2D eigenvalue weighted by Gasteiger charge is 2.27. The Morgan fingerprint density at radius 3 is 2.50 bits per heavy atom. The van der Waals surface area contributed by atoms with Gasteiger partial charge in [0.2, 0.25) is 0 Å². The molecule has 0 radical (unpaired) electrons. The van der Waals surface area contributed by atoms with E-state index in [0.717, 1.165) is 6.07 Å². The number of halogens is 3. The molecule has 0 spiro atoms. The van der Waals surface area contributed by atoms with Crippen LogP contribution in [0.1, 0.15) is 11.5 Å². The lowest BCUT2D eigenvalue weighted by molar-refractivity contribution is 0.390. The maximum Gasteiger partial charge on any atom is 0.144 e. The van der Waals surface area contributed by atoms with Crippen molar-refractivity contribution in [1.82, 2.24) is 5.32 Å². The predicted octanol–water partition coefficient (Wildman–Crippen LogP) is 2.12. The van der Waals surface area contributed by atoms with Crippen molar-refractivity contribution in [3.8, 4) is 5.75 Å². The quantitative estimate of drug-likeness (QED) is 0.761. The molecule has 14 heavy (non-hydrogen) atoms. The van der Waals surface area contributed by atoms with Gasteiger partial charge in [0, 0.05) is 30.6 Å². The SMILES string of the molecule is Oc1c(Br)c(F)cc(F)c1C1CNC1. The molecule has 0 unspecified atom stereocenters. The highest BCUT2D eigenvalue weighted by Crippen LogP contribution is 2.38. The molecule has 2 rings (SSSR count). The van der Waals surface area contributed by atoms with E-state index in [1.807, 2.05) is 0 Å². The molecule has 1 saturated heterocycles. The number of nitrogens with one attached hydrogen (secondary N) is 1. The van der Waals surface area contributed by atoms with Crippen LogP contribution in [-0.4, -0.2) is 18.2 Å². The van der Waals surface area contributed by atoms with E-state index in [-0.39, 0.29) is 21.7 Å². The van der Waals surface area contributed by atoms with Gasteiger partial charge < -0.3 is 10.4 Å². The fraction of sp³-hybridized carbons (Fsp3) is 0.333. The smallest absolute Gasteiger partial charge is 0.144 e. The van der Waals surface area contributed by atoms with Gasteiger partial charge in [0.05, 0.1) is 4.47 Å². The summed E-state index contributed by atoms with van der Waals surface area (Å²) < 4.78 is 26.2. The zero-order valence-corrected chi connectivity index (χ0v) is 8.74. The monoisotopic (exact) mass is 263 g/mol. The second kappa shape index (κ2) is 3.47. The van der Waals surface area contributed by atoms with Gasteiger partial charge in [-0.2, -0.15) is 0 Å². The Bertz CT molecular complexity index is 380. The molecular weight excluding hydrogens is 256 g/mol. The maximum atomic E-state index is 13.3. The molecule has 0 aliphatic carbocycles. The van der Waals surface area contributed by atoms with Gasteiger partial charge in [-0.3, -0.25) is 0 Å². The first kappa shape index (κ1) is 9.86. The molecule has 0 aromatic heterocycles. The molecule has 0 saturated carbocycles. The number of rotatable bonds is 1. The number of hydrogen-bond donors (Lipinski definition) is 2. The van der Waals surface area contributed by atoms with Crippen LogP contribution in [0, 0.1) is 11.6 Å². The van der Waals surface area contributed by atoms with Gasteiger partial charge in [0.25, 0.3) is 0 Å². The second-order valence-corrected chi connectivity index (χ2v) is 4.06. The van der Waals surface area contributed by atoms with Gasteiger partial charge >= 0.3 is 0 Å². The van der Waals surface area contributed by atoms with Crippen LogP contribution in [0.2, 0.25) is 0 Å². The van der Waals surface area contributed by atoms with Crippen LogP contribution >= 0.6 is 15.9 Å². The lowest BCUT2D eigenvalue weighted by Gasteiger charge is -2.28. The third-order valence-corrected chi connectivity index (χ3v) is 3.13. The third-order valence-electron chi connectivity index (χ3n) is 2.37. The van der Waals surface area contributed by atoms with E-state index >= 15 is 0 Å². The minimum atomic E-state index is -0.781. The molecular formula is C9H8BrF2NO. The summed E-state index contributed by atoms with van der Waals surface area (Å²) in [6.07, 6.45) is 0. The number of aromatic hydroxyl groups is 1. The average molecular weight is 264 g/mol. The molecule has 1 fully saturated rings. The van der Waals surface area contributed by atoms with Crippen LogP contribution in [0.5, 0.6) is 5.75 Å². The lowest BCUT2D eigenvalue weighted by Crippen LogP contribution is -2.40. The van der Waals surface area contributed by atoms with Crippen molar-refractivity contribution in [3.05, 3.63) is 27.7 Å². The Morgan fingerprint density at radius 2 is 2.00 bits per heavy atom. The summed E-state index contributed by atoms with van der Waals surface area (Å²) in [4.78, 5) is 0. The normalized spacial score (nSPS) is 16.8. The molecule has 1 aliphatic heterocycles. The van der Waals surface area contributed by atoms with E-state index < -0.39 is 11.6 Å². The lowest BCUT2D eigenvalue weighted by atomic mass is 9.92. The molecule has 1 aromatic carbocycles. The van der Waals surface area contributed by atoms with Gasteiger partial charge in [0.1, 0.15) is 17.4 Å². The third kappa shape index (κ3) is 1.40. The summed E-state index contributed by atoms with van der Waals surface area (Å²) in [5.41, 5.74) is 0.192. The molecule has 1 aromatic rings. The summed E-state index contributed by atoms with van der Waals surface area (Å²) in [5.74, 6) is -1.85. The van der Waals surface area contributed by atoms with Gasteiger partial charge in [0.15, 0.2) is 0 Å². The summed E-state index contributed by atoms with van der Waals surface area (Å²) in [6.45, 7) is 1.23. The fourth-order valence-corrected chi connectivity index (χ4v) is 1.81. The van der Waals surface area contributed by atoms with Crippen molar-refractivity contribution in [2.75, 3.05) is 13.1 Å². The Balaban J connectivity index is 2.52. The zero-order chi connectivity index (χ0) is 10.3. The Hall–Kier alpha value is -0.680. The standard InChI is InChI=1S/C9H8BrF2NO/c10-8-6(12)1-5(11)7(9(8)14)4-2-13-3-4/h1,4,13-14H,2-3H2. The number of phenolic OH excluding ortho intramolecular Hbond substituents is 1. The summed E-state index contributed by atoms with van der Waals surface area (Å²) in [5, 5.41) is 12.5.